The molecule has 0 aromatic heterocycles. The standard InChI is InChI=1S/C13H18N2O5/c1-9-4-5-12(11(6-9)15(17)18)20-8-13(16)14-10(2)7-19-3/h4-6,10H,7-8H2,1-3H3,(H,14,16). The lowest BCUT2D eigenvalue weighted by molar-refractivity contribution is -0.385. The van der Waals surface area contributed by atoms with Crippen molar-refractivity contribution >= 4 is 11.6 Å². The highest BCUT2D eigenvalue weighted by Crippen LogP contribution is 2.27. The molecule has 0 aliphatic rings. The first-order chi connectivity index (χ1) is 9.43. The van der Waals surface area contributed by atoms with Crippen LogP contribution < -0.4 is 10.1 Å². The van der Waals surface area contributed by atoms with Gasteiger partial charge >= 0.3 is 5.69 Å². The molecule has 7 nitrogen and oxygen atoms in total. The zero-order valence-electron chi connectivity index (χ0n) is 11.7. The summed E-state index contributed by atoms with van der Waals surface area (Å²) in [6.07, 6.45) is 0. The predicted octanol–water partition coefficient (Wildman–Crippen LogP) is 1.43. The number of nitrogens with zero attached hydrogens (tertiary/aromatic N) is 1. The van der Waals surface area contributed by atoms with E-state index in [0.29, 0.717) is 6.61 Å². The number of carbonyl (C=O) groups is 1. The number of nitro benzene ring substituents is 1. The minimum absolute atomic E-state index is 0.0788. The van der Waals surface area contributed by atoms with Gasteiger partial charge in [0, 0.05) is 19.2 Å². The van der Waals surface area contributed by atoms with E-state index in [1.54, 1.807) is 19.9 Å². The molecule has 0 fully saturated rings. The second-order valence-corrected chi connectivity index (χ2v) is 4.44. The molecule has 110 valence electrons. The van der Waals surface area contributed by atoms with E-state index < -0.39 is 4.92 Å². The molecular formula is C13H18N2O5. The van der Waals surface area contributed by atoms with Crippen LogP contribution in [0, 0.1) is 17.0 Å². The maximum Gasteiger partial charge on any atom is 0.311 e. The fourth-order valence-corrected chi connectivity index (χ4v) is 1.64. The average Bonchev–Trinajstić information content (AvgIpc) is 2.37. The van der Waals surface area contributed by atoms with Gasteiger partial charge in [0.2, 0.25) is 0 Å². The van der Waals surface area contributed by atoms with Gasteiger partial charge in [0.15, 0.2) is 12.4 Å². The molecule has 1 atom stereocenters. The molecule has 0 radical (unpaired) electrons. The fraction of sp³-hybridized carbons (Fsp3) is 0.462. The Hall–Kier alpha value is -2.15. The van der Waals surface area contributed by atoms with Gasteiger partial charge in [-0.15, -0.1) is 0 Å². The Balaban J connectivity index is 2.61. The zero-order valence-corrected chi connectivity index (χ0v) is 11.7. The molecule has 0 saturated heterocycles. The van der Waals surface area contributed by atoms with Gasteiger partial charge in [0.05, 0.1) is 11.5 Å². The van der Waals surface area contributed by atoms with Gasteiger partial charge in [-0.05, 0) is 25.5 Å². The van der Waals surface area contributed by atoms with Crippen molar-refractivity contribution in [2.24, 2.45) is 0 Å². The Morgan fingerprint density at radius 2 is 2.20 bits per heavy atom. The third kappa shape index (κ3) is 4.85. The second-order valence-electron chi connectivity index (χ2n) is 4.44. The van der Waals surface area contributed by atoms with Crippen molar-refractivity contribution < 1.29 is 19.2 Å². The van der Waals surface area contributed by atoms with E-state index in [2.05, 4.69) is 5.32 Å². The Labute approximate surface area is 117 Å². The highest BCUT2D eigenvalue weighted by molar-refractivity contribution is 5.78. The Morgan fingerprint density at radius 3 is 2.80 bits per heavy atom. The van der Waals surface area contributed by atoms with Crippen molar-refractivity contribution in [1.82, 2.24) is 5.32 Å². The number of methoxy groups -OCH3 is 1. The molecule has 0 heterocycles. The first-order valence-electron chi connectivity index (χ1n) is 6.10. The molecule has 20 heavy (non-hydrogen) atoms. The Bertz CT molecular complexity index is 490. The molecule has 0 bridgehead atoms. The smallest absolute Gasteiger partial charge is 0.311 e. The van der Waals surface area contributed by atoms with Crippen LogP contribution in [0.1, 0.15) is 12.5 Å². The van der Waals surface area contributed by atoms with E-state index in [9.17, 15) is 14.9 Å². The van der Waals surface area contributed by atoms with Gasteiger partial charge in [-0.25, -0.2) is 0 Å². The molecular weight excluding hydrogens is 264 g/mol. The van der Waals surface area contributed by atoms with Crippen LogP contribution in [0.5, 0.6) is 5.75 Å². The Morgan fingerprint density at radius 1 is 1.50 bits per heavy atom. The van der Waals surface area contributed by atoms with Crippen LogP contribution in [-0.2, 0) is 9.53 Å². The lowest BCUT2D eigenvalue weighted by atomic mass is 10.2. The quantitative estimate of drug-likeness (QED) is 0.603. The number of carbonyl (C=O) groups excluding carboxylic acids is 1. The number of rotatable bonds is 7. The number of amides is 1. The van der Waals surface area contributed by atoms with Crippen molar-refractivity contribution in [2.45, 2.75) is 19.9 Å². The molecule has 7 heteroatoms. The van der Waals surface area contributed by atoms with Gasteiger partial charge < -0.3 is 14.8 Å². The maximum absolute atomic E-state index is 11.6. The normalized spacial score (nSPS) is 11.8. The summed E-state index contributed by atoms with van der Waals surface area (Å²) in [6.45, 7) is 3.64. The van der Waals surface area contributed by atoms with Crippen LogP contribution in [0.4, 0.5) is 5.69 Å². The number of nitrogens with one attached hydrogen (secondary N) is 1. The fourth-order valence-electron chi connectivity index (χ4n) is 1.64. The second kappa shape index (κ2) is 7.44. The Kier molecular flexibility index (Phi) is 5.92. The van der Waals surface area contributed by atoms with Crippen molar-refractivity contribution in [3.63, 3.8) is 0 Å². The lowest BCUT2D eigenvalue weighted by Gasteiger charge is -2.13. The molecule has 0 saturated carbocycles. The van der Waals surface area contributed by atoms with Crippen LogP contribution in [0.3, 0.4) is 0 Å². The summed E-state index contributed by atoms with van der Waals surface area (Å²) in [6, 6.07) is 4.43. The van der Waals surface area contributed by atoms with Gasteiger partial charge in [0.1, 0.15) is 0 Å². The van der Waals surface area contributed by atoms with Gasteiger partial charge in [-0.2, -0.15) is 0 Å². The van der Waals surface area contributed by atoms with Crippen LogP contribution >= 0.6 is 0 Å². The monoisotopic (exact) mass is 282 g/mol. The molecule has 1 N–H and O–H groups in total. The highest BCUT2D eigenvalue weighted by Gasteiger charge is 2.16. The highest BCUT2D eigenvalue weighted by atomic mass is 16.6. The van der Waals surface area contributed by atoms with Crippen LogP contribution in [0.25, 0.3) is 0 Å². The van der Waals surface area contributed by atoms with E-state index >= 15 is 0 Å². The van der Waals surface area contributed by atoms with E-state index in [0.717, 1.165) is 5.56 Å². The summed E-state index contributed by atoms with van der Waals surface area (Å²) >= 11 is 0. The number of ether oxygens (including phenoxy) is 2. The van der Waals surface area contributed by atoms with Crippen LogP contribution in [-0.4, -0.2) is 37.2 Å². The number of nitro groups is 1. The molecule has 1 rings (SSSR count). The average molecular weight is 282 g/mol. The number of benzene rings is 1. The SMILES string of the molecule is COCC(C)NC(=O)COc1ccc(C)cc1[N+](=O)[O-]. The number of aryl methyl sites for hydroxylation is 1. The summed E-state index contributed by atoms with van der Waals surface area (Å²) < 4.78 is 10.1. The number of hydrogen-bond donors (Lipinski definition) is 1. The summed E-state index contributed by atoms with van der Waals surface area (Å²) in [5, 5.41) is 13.5. The molecule has 1 aromatic carbocycles. The van der Waals surface area contributed by atoms with Crippen LogP contribution in [0.15, 0.2) is 18.2 Å². The van der Waals surface area contributed by atoms with Crippen LogP contribution in [0.2, 0.25) is 0 Å². The topological polar surface area (TPSA) is 90.7 Å². The summed E-state index contributed by atoms with van der Waals surface area (Å²) in [7, 11) is 1.54. The first-order valence-corrected chi connectivity index (χ1v) is 6.10. The third-order valence-electron chi connectivity index (χ3n) is 2.49. The molecule has 1 unspecified atom stereocenters. The zero-order chi connectivity index (χ0) is 15.1. The molecule has 0 aliphatic heterocycles. The molecule has 0 aliphatic carbocycles. The van der Waals surface area contributed by atoms with E-state index in [-0.39, 0.29) is 30.0 Å². The van der Waals surface area contributed by atoms with Crippen molar-refractivity contribution in [3.05, 3.63) is 33.9 Å². The minimum atomic E-state index is -0.534. The minimum Gasteiger partial charge on any atom is -0.477 e. The summed E-state index contributed by atoms with van der Waals surface area (Å²) in [5.74, 6) is -0.278. The van der Waals surface area contributed by atoms with Gasteiger partial charge in [-0.3, -0.25) is 14.9 Å². The number of hydrogen-bond acceptors (Lipinski definition) is 5. The summed E-state index contributed by atoms with van der Waals surface area (Å²) in [4.78, 5) is 21.9. The largest absolute Gasteiger partial charge is 0.477 e. The van der Waals surface area contributed by atoms with E-state index in [4.69, 9.17) is 9.47 Å². The predicted molar refractivity (Wildman–Crippen MR) is 72.8 cm³/mol. The molecule has 1 amide bonds. The van der Waals surface area contributed by atoms with Gasteiger partial charge in [-0.1, -0.05) is 6.07 Å². The van der Waals surface area contributed by atoms with Gasteiger partial charge in [0.25, 0.3) is 5.91 Å². The van der Waals surface area contributed by atoms with E-state index in [1.165, 1.54) is 19.2 Å². The first kappa shape index (κ1) is 15.9. The van der Waals surface area contributed by atoms with Crippen molar-refractivity contribution in [1.29, 1.82) is 0 Å². The van der Waals surface area contributed by atoms with E-state index in [1.807, 2.05) is 0 Å². The van der Waals surface area contributed by atoms with Crippen molar-refractivity contribution in [3.8, 4) is 5.75 Å². The third-order valence-corrected chi connectivity index (χ3v) is 2.49. The summed E-state index contributed by atoms with van der Waals surface area (Å²) in [5.41, 5.74) is 0.602. The maximum atomic E-state index is 11.6. The lowest BCUT2D eigenvalue weighted by Crippen LogP contribution is -2.38. The molecule has 1 aromatic rings. The molecule has 0 spiro atoms. The van der Waals surface area contributed by atoms with Crippen molar-refractivity contribution in [2.75, 3.05) is 20.3 Å².